The van der Waals surface area contributed by atoms with Crippen LogP contribution in [0.5, 0.6) is 0 Å². The Kier molecular flexibility index (Phi) is 7.94. The number of nitrogens with one attached hydrogen (secondary N) is 2. The molecule has 4 rings (SSSR count). The summed E-state index contributed by atoms with van der Waals surface area (Å²) >= 11 is 0. The number of carbonyl (C=O) groups excluding carboxylic acids is 2. The van der Waals surface area contributed by atoms with E-state index in [2.05, 4.69) is 15.5 Å². The van der Waals surface area contributed by atoms with Gasteiger partial charge in [-0.2, -0.15) is 0 Å². The van der Waals surface area contributed by atoms with Gasteiger partial charge in [-0.15, -0.1) is 0 Å². The fourth-order valence-corrected chi connectivity index (χ4v) is 4.32. The summed E-state index contributed by atoms with van der Waals surface area (Å²) in [6.07, 6.45) is 0.421. The van der Waals surface area contributed by atoms with Crippen LogP contribution in [0.25, 0.3) is 5.69 Å². The van der Waals surface area contributed by atoms with E-state index in [-0.39, 0.29) is 17.6 Å². The first-order valence-electron chi connectivity index (χ1n) is 11.8. The third-order valence-electron chi connectivity index (χ3n) is 6.18. The Morgan fingerprint density at radius 2 is 1.77 bits per heavy atom. The van der Waals surface area contributed by atoms with Crippen molar-refractivity contribution in [3.63, 3.8) is 0 Å². The summed E-state index contributed by atoms with van der Waals surface area (Å²) in [7, 11) is 0. The third-order valence-corrected chi connectivity index (χ3v) is 6.18. The second kappa shape index (κ2) is 11.3. The number of hydrogen-bond acceptors (Lipinski definition) is 4. The average Bonchev–Trinajstić information content (AvgIpc) is 3.16. The molecule has 35 heavy (non-hydrogen) atoms. The van der Waals surface area contributed by atoms with Gasteiger partial charge in [0.2, 0.25) is 5.91 Å². The minimum absolute atomic E-state index is 0.0362. The number of rotatable bonds is 8. The van der Waals surface area contributed by atoms with Crippen LogP contribution in [0.4, 0.5) is 10.1 Å². The van der Waals surface area contributed by atoms with Gasteiger partial charge in [-0.1, -0.05) is 12.1 Å². The normalized spacial score (nSPS) is 14.0. The zero-order valence-electron chi connectivity index (χ0n) is 20.1. The van der Waals surface area contributed by atoms with Crippen molar-refractivity contribution in [2.45, 2.75) is 26.8 Å². The van der Waals surface area contributed by atoms with E-state index in [1.54, 1.807) is 12.1 Å². The molecule has 1 fully saturated rings. The fourth-order valence-electron chi connectivity index (χ4n) is 4.32. The second-order valence-corrected chi connectivity index (χ2v) is 8.73. The van der Waals surface area contributed by atoms with Crippen molar-refractivity contribution >= 4 is 17.5 Å². The summed E-state index contributed by atoms with van der Waals surface area (Å²) in [5, 5.41) is 5.91. The van der Waals surface area contributed by atoms with Crippen molar-refractivity contribution in [1.82, 2.24) is 14.8 Å². The summed E-state index contributed by atoms with van der Waals surface area (Å²) in [5.41, 5.74) is 4.64. The van der Waals surface area contributed by atoms with Crippen LogP contribution in [0.2, 0.25) is 0 Å². The lowest BCUT2D eigenvalue weighted by Gasteiger charge is -2.26. The van der Waals surface area contributed by atoms with Gasteiger partial charge in [0.1, 0.15) is 5.82 Å². The van der Waals surface area contributed by atoms with Crippen LogP contribution >= 0.6 is 0 Å². The van der Waals surface area contributed by atoms with Gasteiger partial charge in [-0.3, -0.25) is 14.5 Å². The van der Waals surface area contributed by atoms with Crippen molar-refractivity contribution < 1.29 is 18.7 Å². The molecule has 0 atom stereocenters. The number of anilines is 1. The lowest BCUT2D eigenvalue weighted by atomic mass is 10.1. The fraction of sp³-hybridized carbons (Fsp3) is 0.333. The number of ether oxygens (including phenoxy) is 1. The molecule has 0 saturated carbocycles. The molecule has 0 bridgehead atoms. The Morgan fingerprint density at radius 3 is 2.51 bits per heavy atom. The molecule has 3 aromatic rings. The molecule has 2 heterocycles. The second-order valence-electron chi connectivity index (χ2n) is 8.73. The molecule has 1 saturated heterocycles. The number of nitrogens with zero attached hydrogens (tertiary/aromatic N) is 2. The topological polar surface area (TPSA) is 75.6 Å². The molecule has 1 aliphatic rings. The largest absolute Gasteiger partial charge is 0.379 e. The van der Waals surface area contributed by atoms with E-state index in [9.17, 15) is 14.0 Å². The predicted molar refractivity (Wildman–Crippen MR) is 133 cm³/mol. The van der Waals surface area contributed by atoms with Crippen molar-refractivity contribution in [1.29, 1.82) is 0 Å². The predicted octanol–water partition coefficient (Wildman–Crippen LogP) is 3.82. The molecule has 7 nitrogen and oxygen atoms in total. The van der Waals surface area contributed by atoms with Crippen LogP contribution in [0.15, 0.2) is 54.6 Å². The smallest absolute Gasteiger partial charge is 0.253 e. The first-order chi connectivity index (χ1) is 16.9. The Bertz CT molecular complexity index is 1180. The van der Waals surface area contributed by atoms with E-state index in [0.717, 1.165) is 35.7 Å². The maximum Gasteiger partial charge on any atom is 0.253 e. The summed E-state index contributed by atoms with van der Waals surface area (Å²) in [6.45, 7) is 7.97. The first-order valence-corrected chi connectivity index (χ1v) is 11.8. The van der Waals surface area contributed by atoms with E-state index in [0.29, 0.717) is 44.0 Å². The van der Waals surface area contributed by atoms with Crippen molar-refractivity contribution in [2.75, 3.05) is 38.2 Å². The Hall–Kier alpha value is -3.49. The maximum atomic E-state index is 13.3. The number of hydrogen-bond donors (Lipinski definition) is 2. The van der Waals surface area contributed by atoms with Gasteiger partial charge in [0.05, 0.1) is 18.8 Å². The van der Waals surface area contributed by atoms with Crippen LogP contribution in [0, 0.1) is 19.7 Å². The van der Waals surface area contributed by atoms with E-state index in [4.69, 9.17) is 4.74 Å². The first kappa shape index (κ1) is 24.6. The van der Waals surface area contributed by atoms with Gasteiger partial charge in [-0.05, 0) is 61.9 Å². The highest BCUT2D eigenvalue weighted by Gasteiger charge is 2.17. The van der Waals surface area contributed by atoms with Gasteiger partial charge in [-0.25, -0.2) is 4.39 Å². The highest BCUT2D eigenvalue weighted by molar-refractivity contribution is 5.96. The number of carbonyl (C=O) groups is 2. The summed E-state index contributed by atoms with van der Waals surface area (Å²) in [4.78, 5) is 27.5. The number of aryl methyl sites for hydroxylation is 1. The minimum atomic E-state index is -0.301. The third kappa shape index (κ3) is 6.35. The Labute approximate surface area is 204 Å². The number of benzene rings is 2. The van der Waals surface area contributed by atoms with Crippen LogP contribution < -0.4 is 10.6 Å². The number of halogens is 1. The molecule has 0 spiro atoms. The summed E-state index contributed by atoms with van der Waals surface area (Å²) in [5.74, 6) is -0.526. The van der Waals surface area contributed by atoms with Crippen LogP contribution in [-0.2, 0) is 16.1 Å². The zero-order chi connectivity index (χ0) is 24.8. The van der Waals surface area contributed by atoms with E-state index < -0.39 is 0 Å². The van der Waals surface area contributed by atoms with Crippen molar-refractivity contribution in [3.05, 3.63) is 82.9 Å². The molecule has 0 unspecified atom stereocenters. The van der Waals surface area contributed by atoms with E-state index in [1.165, 1.54) is 12.1 Å². The van der Waals surface area contributed by atoms with Crippen molar-refractivity contribution in [3.8, 4) is 5.69 Å². The lowest BCUT2D eigenvalue weighted by molar-refractivity contribution is -0.116. The molecular weight excluding hydrogens is 447 g/mol. The van der Waals surface area contributed by atoms with Crippen molar-refractivity contribution in [2.24, 2.45) is 0 Å². The molecule has 0 radical (unpaired) electrons. The van der Waals surface area contributed by atoms with Crippen LogP contribution in [-0.4, -0.2) is 54.1 Å². The molecular formula is C27H31FN4O3. The maximum absolute atomic E-state index is 13.3. The molecule has 2 aromatic carbocycles. The summed E-state index contributed by atoms with van der Waals surface area (Å²) in [6, 6.07) is 15.5. The van der Waals surface area contributed by atoms with E-state index >= 15 is 0 Å². The molecule has 8 heteroatoms. The van der Waals surface area contributed by atoms with Gasteiger partial charge < -0.3 is 19.9 Å². The highest BCUT2D eigenvalue weighted by Crippen LogP contribution is 2.21. The molecule has 2 N–H and O–H groups in total. The minimum Gasteiger partial charge on any atom is -0.379 e. The van der Waals surface area contributed by atoms with Gasteiger partial charge in [0.25, 0.3) is 5.91 Å². The van der Waals surface area contributed by atoms with Crippen LogP contribution in [0.3, 0.4) is 0 Å². The quantitative estimate of drug-likeness (QED) is 0.516. The molecule has 0 aliphatic carbocycles. The molecule has 1 aliphatic heterocycles. The Morgan fingerprint density at radius 1 is 1.03 bits per heavy atom. The van der Waals surface area contributed by atoms with Crippen LogP contribution in [0.1, 0.15) is 33.7 Å². The van der Waals surface area contributed by atoms with Gasteiger partial charge in [0.15, 0.2) is 0 Å². The number of aromatic nitrogens is 1. The summed E-state index contributed by atoms with van der Waals surface area (Å²) < 4.78 is 20.6. The standard InChI is InChI=1S/C27H31FN4O3/c1-19-16-25(20(2)32(19)24-8-6-22(28)7-9-24)27(34)29-18-21-4-3-5-23(17-21)30-26(33)10-11-31-12-14-35-15-13-31/h3-9,16-17H,10-15,18H2,1-2H3,(H,29,34)(H,30,33). The molecule has 2 amide bonds. The monoisotopic (exact) mass is 478 g/mol. The van der Waals surface area contributed by atoms with Gasteiger partial charge >= 0.3 is 0 Å². The number of morpholine rings is 1. The molecule has 1 aromatic heterocycles. The average molecular weight is 479 g/mol. The van der Waals surface area contributed by atoms with Gasteiger partial charge in [0, 0.05) is 55.4 Å². The van der Waals surface area contributed by atoms with E-state index in [1.807, 2.05) is 48.7 Å². The highest BCUT2D eigenvalue weighted by atomic mass is 19.1. The molecule has 184 valence electrons. The SMILES string of the molecule is Cc1cc(C(=O)NCc2cccc(NC(=O)CCN3CCOCC3)c2)c(C)n1-c1ccc(F)cc1. The number of amides is 2. The Balaban J connectivity index is 1.34. The zero-order valence-corrected chi connectivity index (χ0v) is 20.1. The lowest BCUT2D eigenvalue weighted by Crippen LogP contribution is -2.38.